The highest BCUT2D eigenvalue weighted by molar-refractivity contribution is 6.31. The molecule has 0 saturated heterocycles. The molecule has 2 heterocycles. The molecular formula is C17H13ClF3N5O3. The lowest BCUT2D eigenvalue weighted by Crippen LogP contribution is -2.30. The van der Waals surface area contributed by atoms with Gasteiger partial charge < -0.3 is 20.3 Å². The van der Waals surface area contributed by atoms with Crippen molar-refractivity contribution < 1.29 is 22.9 Å². The molecule has 2 aromatic heterocycles. The van der Waals surface area contributed by atoms with E-state index in [2.05, 4.69) is 10.3 Å². The van der Waals surface area contributed by atoms with Gasteiger partial charge in [-0.15, -0.1) is 0 Å². The van der Waals surface area contributed by atoms with Crippen molar-refractivity contribution in [2.45, 2.75) is 6.18 Å². The zero-order valence-electron chi connectivity index (χ0n) is 14.8. The molecule has 0 spiro atoms. The van der Waals surface area contributed by atoms with E-state index in [1.54, 1.807) is 18.2 Å². The number of alkyl halides is 3. The fourth-order valence-electron chi connectivity index (χ4n) is 2.71. The standard InChI is InChI=1S/C17H13ClF3N5O3/c1-24(15-16(26(28)29)25-7-3-2-4-13(25)23-15)9-14(27)22-10-5-6-12(18)11(8-10)17(19,20)21/h2-8H,9H2,1H3,(H,22,27). The Bertz CT molecular complexity index is 1100. The minimum Gasteiger partial charge on any atom is -0.358 e. The Morgan fingerprint density at radius 1 is 1.34 bits per heavy atom. The van der Waals surface area contributed by atoms with Crippen LogP contribution in [-0.2, 0) is 11.0 Å². The second-order valence-electron chi connectivity index (χ2n) is 6.04. The Kier molecular flexibility index (Phi) is 5.33. The van der Waals surface area contributed by atoms with Crippen LogP contribution in [0.15, 0.2) is 42.6 Å². The van der Waals surface area contributed by atoms with Gasteiger partial charge in [-0.05, 0) is 29.2 Å². The van der Waals surface area contributed by atoms with E-state index in [9.17, 15) is 28.1 Å². The van der Waals surface area contributed by atoms with Crippen LogP contribution in [0.25, 0.3) is 5.65 Å². The molecule has 3 rings (SSSR count). The third-order valence-electron chi connectivity index (χ3n) is 3.96. The van der Waals surface area contributed by atoms with Gasteiger partial charge in [0.05, 0.1) is 23.3 Å². The number of hydrogen-bond acceptors (Lipinski definition) is 5. The summed E-state index contributed by atoms with van der Waals surface area (Å²) in [6, 6.07) is 7.78. The normalized spacial score (nSPS) is 11.5. The summed E-state index contributed by atoms with van der Waals surface area (Å²) in [5.74, 6) is -1.07. The monoisotopic (exact) mass is 427 g/mol. The summed E-state index contributed by atoms with van der Waals surface area (Å²) in [4.78, 5) is 28.5. The van der Waals surface area contributed by atoms with Crippen molar-refractivity contribution >= 4 is 40.5 Å². The van der Waals surface area contributed by atoms with E-state index < -0.39 is 27.6 Å². The maximum Gasteiger partial charge on any atom is 0.417 e. The number of nitro groups is 1. The number of anilines is 2. The molecule has 0 saturated carbocycles. The number of nitrogens with one attached hydrogen (secondary N) is 1. The summed E-state index contributed by atoms with van der Waals surface area (Å²) in [5, 5.41) is 13.3. The van der Waals surface area contributed by atoms with Crippen molar-refractivity contribution in [3.05, 3.63) is 63.3 Å². The predicted molar refractivity (Wildman–Crippen MR) is 100 cm³/mol. The van der Waals surface area contributed by atoms with Gasteiger partial charge in [-0.25, -0.2) is 0 Å². The number of halogens is 4. The quantitative estimate of drug-likeness (QED) is 0.491. The Hall–Kier alpha value is -3.34. The van der Waals surface area contributed by atoms with E-state index in [1.807, 2.05) is 0 Å². The Morgan fingerprint density at radius 2 is 2.07 bits per heavy atom. The lowest BCUT2D eigenvalue weighted by molar-refractivity contribution is -0.389. The van der Waals surface area contributed by atoms with Crippen LogP contribution in [0.3, 0.4) is 0 Å². The second-order valence-corrected chi connectivity index (χ2v) is 6.45. The van der Waals surface area contributed by atoms with Gasteiger partial charge in [0, 0.05) is 18.8 Å². The molecule has 0 bridgehead atoms. The fourth-order valence-corrected chi connectivity index (χ4v) is 2.93. The molecule has 8 nitrogen and oxygen atoms in total. The molecule has 1 aromatic carbocycles. The van der Waals surface area contributed by atoms with E-state index >= 15 is 0 Å². The molecule has 12 heteroatoms. The van der Waals surface area contributed by atoms with Crippen molar-refractivity contribution in [1.29, 1.82) is 0 Å². The number of fused-ring (bicyclic) bond motifs is 1. The summed E-state index contributed by atoms with van der Waals surface area (Å²) in [6.07, 6.45) is -3.21. The molecule has 1 amide bonds. The highest BCUT2D eigenvalue weighted by atomic mass is 35.5. The molecule has 0 radical (unpaired) electrons. The minimum absolute atomic E-state index is 0.0524. The van der Waals surface area contributed by atoms with Crippen LogP contribution in [0.2, 0.25) is 5.02 Å². The summed E-state index contributed by atoms with van der Waals surface area (Å²) in [5.41, 5.74) is -0.875. The molecule has 152 valence electrons. The first-order valence-corrected chi connectivity index (χ1v) is 8.45. The van der Waals surface area contributed by atoms with Crippen LogP contribution < -0.4 is 10.2 Å². The number of imidazole rings is 1. The van der Waals surface area contributed by atoms with Gasteiger partial charge in [0.25, 0.3) is 0 Å². The highest BCUT2D eigenvalue weighted by Gasteiger charge is 2.33. The predicted octanol–water partition coefficient (Wildman–Crippen LogP) is 3.99. The topological polar surface area (TPSA) is 92.8 Å². The minimum atomic E-state index is -4.67. The number of rotatable bonds is 5. The second kappa shape index (κ2) is 7.59. The first-order valence-electron chi connectivity index (χ1n) is 8.07. The SMILES string of the molecule is CN(CC(=O)Nc1ccc(Cl)c(C(F)(F)F)c1)c1nc2ccccn2c1[N+](=O)[O-]. The van der Waals surface area contributed by atoms with Crippen molar-refractivity contribution in [2.24, 2.45) is 0 Å². The van der Waals surface area contributed by atoms with Crippen LogP contribution in [0, 0.1) is 10.1 Å². The molecule has 0 aliphatic rings. The van der Waals surface area contributed by atoms with Gasteiger partial charge in [0.15, 0.2) is 0 Å². The van der Waals surface area contributed by atoms with Gasteiger partial charge in [0.1, 0.15) is 0 Å². The molecule has 1 N–H and O–H groups in total. The fraction of sp³-hybridized carbons (Fsp3) is 0.176. The third kappa shape index (κ3) is 4.24. The van der Waals surface area contributed by atoms with Gasteiger partial charge in [-0.3, -0.25) is 4.79 Å². The van der Waals surface area contributed by atoms with Gasteiger partial charge in [0.2, 0.25) is 17.4 Å². The largest absolute Gasteiger partial charge is 0.417 e. The van der Waals surface area contributed by atoms with Crippen molar-refractivity contribution in [1.82, 2.24) is 9.38 Å². The Labute approximate surface area is 166 Å². The van der Waals surface area contributed by atoms with E-state index in [1.165, 1.54) is 28.6 Å². The third-order valence-corrected chi connectivity index (χ3v) is 4.29. The number of carbonyl (C=O) groups excluding carboxylic acids is 1. The summed E-state index contributed by atoms with van der Waals surface area (Å²) in [7, 11) is 1.41. The van der Waals surface area contributed by atoms with Gasteiger partial charge >= 0.3 is 12.0 Å². The maximum atomic E-state index is 12.9. The first kappa shape index (κ1) is 20.4. The van der Waals surface area contributed by atoms with E-state index in [0.717, 1.165) is 6.07 Å². The van der Waals surface area contributed by atoms with Crippen LogP contribution in [0.4, 0.5) is 30.5 Å². The van der Waals surface area contributed by atoms with Crippen LogP contribution >= 0.6 is 11.6 Å². The maximum absolute atomic E-state index is 12.9. The van der Waals surface area contributed by atoms with Crippen molar-refractivity contribution in [3.63, 3.8) is 0 Å². The molecule has 0 unspecified atom stereocenters. The van der Waals surface area contributed by atoms with E-state index in [-0.39, 0.29) is 23.9 Å². The number of nitrogens with zero attached hydrogens (tertiary/aromatic N) is 4. The number of aromatic nitrogens is 2. The number of amides is 1. The average Bonchev–Trinajstić information content (AvgIpc) is 3.02. The van der Waals surface area contributed by atoms with Crippen LogP contribution in [0.1, 0.15) is 5.56 Å². The van der Waals surface area contributed by atoms with E-state index in [0.29, 0.717) is 11.7 Å². The lowest BCUT2D eigenvalue weighted by atomic mass is 10.2. The number of hydrogen-bond donors (Lipinski definition) is 1. The molecule has 0 atom stereocenters. The molecule has 29 heavy (non-hydrogen) atoms. The van der Waals surface area contributed by atoms with Crippen molar-refractivity contribution in [3.8, 4) is 0 Å². The lowest BCUT2D eigenvalue weighted by Gasteiger charge is -2.16. The Morgan fingerprint density at radius 3 is 2.72 bits per heavy atom. The first-order chi connectivity index (χ1) is 13.6. The number of pyridine rings is 1. The zero-order valence-corrected chi connectivity index (χ0v) is 15.5. The van der Waals surface area contributed by atoms with Gasteiger partial charge in [-0.2, -0.15) is 22.6 Å². The van der Waals surface area contributed by atoms with Crippen molar-refractivity contribution in [2.75, 3.05) is 23.8 Å². The molecule has 0 aliphatic carbocycles. The van der Waals surface area contributed by atoms with Gasteiger partial charge in [-0.1, -0.05) is 17.7 Å². The molecule has 3 aromatic rings. The number of likely N-dealkylation sites (N-methyl/N-ethyl adjacent to an activating group) is 1. The summed E-state index contributed by atoms with van der Waals surface area (Å²) in [6.45, 7) is -0.380. The molecule has 0 fully saturated rings. The summed E-state index contributed by atoms with van der Waals surface area (Å²) >= 11 is 5.55. The highest BCUT2D eigenvalue weighted by Crippen LogP contribution is 2.36. The van der Waals surface area contributed by atoms with Crippen LogP contribution in [-0.4, -0.2) is 33.8 Å². The average molecular weight is 428 g/mol. The number of carbonyl (C=O) groups is 1. The molecular weight excluding hydrogens is 415 g/mol. The molecule has 0 aliphatic heterocycles. The smallest absolute Gasteiger partial charge is 0.358 e. The van der Waals surface area contributed by atoms with Crippen LogP contribution in [0.5, 0.6) is 0 Å². The summed E-state index contributed by atoms with van der Waals surface area (Å²) < 4.78 is 40.1. The van der Waals surface area contributed by atoms with E-state index in [4.69, 9.17) is 11.6 Å². The zero-order chi connectivity index (χ0) is 21.3. The number of benzene rings is 1. The Balaban J connectivity index is 1.81.